The first-order valence-corrected chi connectivity index (χ1v) is 6.31. The molecule has 0 spiro atoms. The standard InChI is InChI=1S/C13H12ClN3O4/c1-7-8(2)13(16-15-12(7)14)21-9-4-5-11(20-3)10(6-9)17(18)19/h4-6H,1-3H3. The molecule has 7 nitrogen and oxygen atoms in total. The van der Waals surface area contributed by atoms with Crippen molar-refractivity contribution >= 4 is 17.3 Å². The molecule has 0 radical (unpaired) electrons. The van der Waals surface area contributed by atoms with Crippen molar-refractivity contribution in [2.75, 3.05) is 7.11 Å². The molecule has 2 rings (SSSR count). The summed E-state index contributed by atoms with van der Waals surface area (Å²) in [5.74, 6) is 0.667. The molecule has 2 aromatic rings. The lowest BCUT2D eigenvalue weighted by Crippen LogP contribution is -1.99. The first kappa shape index (κ1) is 15.0. The van der Waals surface area contributed by atoms with Gasteiger partial charge in [0.15, 0.2) is 10.9 Å². The minimum absolute atomic E-state index is 0.155. The molecule has 0 unspecified atom stereocenters. The quantitative estimate of drug-likeness (QED) is 0.635. The Kier molecular flexibility index (Phi) is 4.23. The number of rotatable bonds is 4. The summed E-state index contributed by atoms with van der Waals surface area (Å²) >= 11 is 5.86. The van der Waals surface area contributed by atoms with Crippen molar-refractivity contribution in [3.63, 3.8) is 0 Å². The molecule has 1 heterocycles. The molecular formula is C13H12ClN3O4. The Balaban J connectivity index is 2.39. The Morgan fingerprint density at radius 1 is 1.24 bits per heavy atom. The topological polar surface area (TPSA) is 87.4 Å². The summed E-state index contributed by atoms with van der Waals surface area (Å²) < 4.78 is 10.5. The highest BCUT2D eigenvalue weighted by atomic mass is 35.5. The van der Waals surface area contributed by atoms with Gasteiger partial charge in [-0.2, -0.15) is 0 Å². The highest BCUT2D eigenvalue weighted by Gasteiger charge is 2.17. The second-order valence-corrected chi connectivity index (χ2v) is 4.60. The number of methoxy groups -OCH3 is 1. The normalized spacial score (nSPS) is 10.3. The average molecular weight is 310 g/mol. The Morgan fingerprint density at radius 2 is 1.95 bits per heavy atom. The van der Waals surface area contributed by atoms with E-state index in [9.17, 15) is 10.1 Å². The van der Waals surface area contributed by atoms with Gasteiger partial charge >= 0.3 is 5.69 Å². The molecule has 0 aliphatic heterocycles. The molecule has 1 aromatic heterocycles. The van der Waals surface area contributed by atoms with E-state index in [4.69, 9.17) is 21.1 Å². The van der Waals surface area contributed by atoms with Gasteiger partial charge in [0.05, 0.1) is 18.1 Å². The summed E-state index contributed by atoms with van der Waals surface area (Å²) in [6, 6.07) is 4.28. The number of ether oxygens (including phenoxy) is 2. The number of benzene rings is 1. The second kappa shape index (κ2) is 5.92. The maximum atomic E-state index is 11.0. The lowest BCUT2D eigenvalue weighted by Gasteiger charge is -2.10. The molecule has 8 heteroatoms. The molecule has 0 fully saturated rings. The monoisotopic (exact) mass is 309 g/mol. The van der Waals surface area contributed by atoms with Crippen LogP contribution in [0.25, 0.3) is 0 Å². The first-order valence-electron chi connectivity index (χ1n) is 5.93. The molecule has 0 aliphatic carbocycles. The number of nitro benzene ring substituents is 1. The van der Waals surface area contributed by atoms with Crippen LogP contribution < -0.4 is 9.47 Å². The fraction of sp³-hybridized carbons (Fsp3) is 0.231. The molecule has 21 heavy (non-hydrogen) atoms. The van der Waals surface area contributed by atoms with Crippen molar-refractivity contribution < 1.29 is 14.4 Å². The number of nitrogens with zero attached hydrogens (tertiary/aromatic N) is 3. The average Bonchev–Trinajstić information content (AvgIpc) is 2.47. The van der Waals surface area contributed by atoms with Gasteiger partial charge in [-0.05, 0) is 31.5 Å². The fourth-order valence-electron chi connectivity index (χ4n) is 1.64. The third-order valence-corrected chi connectivity index (χ3v) is 3.34. The van der Waals surface area contributed by atoms with Crippen LogP contribution in [0.4, 0.5) is 5.69 Å². The molecular weight excluding hydrogens is 298 g/mol. The van der Waals surface area contributed by atoms with Gasteiger partial charge in [0.25, 0.3) is 0 Å². The van der Waals surface area contributed by atoms with Crippen LogP contribution in [0.2, 0.25) is 5.15 Å². The lowest BCUT2D eigenvalue weighted by atomic mass is 10.2. The predicted molar refractivity (Wildman–Crippen MR) is 76.2 cm³/mol. The van der Waals surface area contributed by atoms with E-state index in [0.29, 0.717) is 10.7 Å². The smallest absolute Gasteiger partial charge is 0.314 e. The summed E-state index contributed by atoms with van der Waals surface area (Å²) in [6.07, 6.45) is 0. The number of nitro groups is 1. The van der Waals surface area contributed by atoms with E-state index < -0.39 is 4.92 Å². The molecule has 110 valence electrons. The van der Waals surface area contributed by atoms with Crippen molar-refractivity contribution in [3.8, 4) is 17.4 Å². The van der Waals surface area contributed by atoms with Crippen molar-refractivity contribution in [3.05, 3.63) is 44.6 Å². The van der Waals surface area contributed by atoms with Crippen LogP contribution in [0.15, 0.2) is 18.2 Å². The Hall–Kier alpha value is -2.41. The number of aromatic nitrogens is 2. The third-order valence-electron chi connectivity index (χ3n) is 2.98. The Bertz CT molecular complexity index is 706. The van der Waals surface area contributed by atoms with Crippen LogP contribution in [0.5, 0.6) is 17.4 Å². The lowest BCUT2D eigenvalue weighted by molar-refractivity contribution is -0.385. The van der Waals surface area contributed by atoms with Gasteiger partial charge in [0.1, 0.15) is 5.75 Å². The number of halogens is 1. The summed E-state index contributed by atoms with van der Waals surface area (Å²) in [5, 5.41) is 18.9. The van der Waals surface area contributed by atoms with Gasteiger partial charge in [-0.25, -0.2) is 0 Å². The zero-order valence-corrected chi connectivity index (χ0v) is 12.3. The van der Waals surface area contributed by atoms with Crippen molar-refractivity contribution in [2.45, 2.75) is 13.8 Å². The Morgan fingerprint density at radius 3 is 2.57 bits per heavy atom. The van der Waals surface area contributed by atoms with Gasteiger partial charge in [-0.3, -0.25) is 10.1 Å². The highest BCUT2D eigenvalue weighted by Crippen LogP contribution is 2.33. The van der Waals surface area contributed by atoms with Crippen LogP contribution in [0, 0.1) is 24.0 Å². The maximum Gasteiger partial charge on any atom is 0.314 e. The van der Waals surface area contributed by atoms with E-state index in [-0.39, 0.29) is 23.1 Å². The molecule has 0 amide bonds. The van der Waals surface area contributed by atoms with Gasteiger partial charge in [-0.15, -0.1) is 10.2 Å². The zero-order chi connectivity index (χ0) is 15.6. The molecule has 1 aromatic carbocycles. The third kappa shape index (κ3) is 3.03. The van der Waals surface area contributed by atoms with E-state index in [0.717, 1.165) is 5.56 Å². The number of hydrogen-bond donors (Lipinski definition) is 0. The maximum absolute atomic E-state index is 11.0. The van der Waals surface area contributed by atoms with Gasteiger partial charge in [0, 0.05) is 5.56 Å². The molecule has 0 saturated heterocycles. The van der Waals surface area contributed by atoms with Gasteiger partial charge < -0.3 is 9.47 Å². The molecule has 0 aliphatic rings. The van der Waals surface area contributed by atoms with E-state index in [1.54, 1.807) is 19.9 Å². The van der Waals surface area contributed by atoms with Crippen LogP contribution in [0.1, 0.15) is 11.1 Å². The minimum Gasteiger partial charge on any atom is -0.490 e. The summed E-state index contributed by atoms with van der Waals surface area (Å²) in [4.78, 5) is 10.4. The fourth-order valence-corrected chi connectivity index (χ4v) is 1.82. The summed E-state index contributed by atoms with van der Waals surface area (Å²) in [6.45, 7) is 3.57. The van der Waals surface area contributed by atoms with Gasteiger partial charge in [-0.1, -0.05) is 11.6 Å². The van der Waals surface area contributed by atoms with Crippen molar-refractivity contribution in [1.29, 1.82) is 0 Å². The Labute approximate surface area is 125 Å². The van der Waals surface area contributed by atoms with E-state index in [1.807, 2.05) is 0 Å². The van der Waals surface area contributed by atoms with Crippen molar-refractivity contribution in [2.24, 2.45) is 0 Å². The minimum atomic E-state index is -0.544. The highest BCUT2D eigenvalue weighted by molar-refractivity contribution is 6.30. The zero-order valence-electron chi connectivity index (χ0n) is 11.6. The van der Waals surface area contributed by atoms with Crippen LogP contribution in [0.3, 0.4) is 0 Å². The van der Waals surface area contributed by atoms with Gasteiger partial charge in [0.2, 0.25) is 5.88 Å². The number of hydrogen-bond acceptors (Lipinski definition) is 6. The summed E-state index contributed by atoms with van der Waals surface area (Å²) in [7, 11) is 1.36. The van der Waals surface area contributed by atoms with Crippen LogP contribution >= 0.6 is 11.6 Å². The molecule has 0 saturated carbocycles. The SMILES string of the molecule is COc1ccc(Oc2nnc(Cl)c(C)c2C)cc1[N+](=O)[O-]. The van der Waals surface area contributed by atoms with E-state index >= 15 is 0 Å². The molecule has 0 atom stereocenters. The molecule has 0 bridgehead atoms. The first-order chi connectivity index (χ1) is 9.93. The van der Waals surface area contributed by atoms with Crippen LogP contribution in [-0.2, 0) is 0 Å². The van der Waals surface area contributed by atoms with E-state index in [1.165, 1.54) is 19.2 Å². The predicted octanol–water partition coefficient (Wildman–Crippen LogP) is 3.46. The second-order valence-electron chi connectivity index (χ2n) is 4.24. The summed E-state index contributed by atoms with van der Waals surface area (Å²) in [5.41, 5.74) is 1.27. The van der Waals surface area contributed by atoms with Crippen molar-refractivity contribution in [1.82, 2.24) is 10.2 Å². The molecule has 0 N–H and O–H groups in total. The van der Waals surface area contributed by atoms with E-state index in [2.05, 4.69) is 10.2 Å². The largest absolute Gasteiger partial charge is 0.490 e. The van der Waals surface area contributed by atoms with Crippen LogP contribution in [-0.4, -0.2) is 22.2 Å².